The lowest BCUT2D eigenvalue weighted by Crippen LogP contribution is -2.16. The van der Waals surface area contributed by atoms with E-state index in [1.807, 2.05) is 0 Å². The van der Waals surface area contributed by atoms with Gasteiger partial charge in [0.05, 0.1) is 5.02 Å². The molecule has 0 fully saturated rings. The van der Waals surface area contributed by atoms with E-state index in [9.17, 15) is 12.8 Å². The molecule has 2 N–H and O–H groups in total. The van der Waals surface area contributed by atoms with Crippen molar-refractivity contribution in [1.29, 1.82) is 0 Å². The first kappa shape index (κ1) is 15.7. The van der Waals surface area contributed by atoms with Gasteiger partial charge < -0.3 is 5.32 Å². The lowest BCUT2D eigenvalue weighted by atomic mass is 10.2. The van der Waals surface area contributed by atoms with Crippen LogP contribution in [0.5, 0.6) is 0 Å². The number of benzene rings is 1. The summed E-state index contributed by atoms with van der Waals surface area (Å²) in [4.78, 5) is 3.37. The topological polar surface area (TPSA) is 71.1 Å². The Morgan fingerprint density at radius 2 is 2.10 bits per heavy atom. The largest absolute Gasteiger partial charge is 0.316 e. The predicted molar refractivity (Wildman–Crippen MR) is 79.2 cm³/mol. The highest BCUT2D eigenvalue weighted by molar-refractivity contribution is 7.92. The van der Waals surface area contributed by atoms with Gasteiger partial charge in [-0.3, -0.25) is 4.72 Å². The summed E-state index contributed by atoms with van der Waals surface area (Å²) < 4.78 is 40.5. The maximum Gasteiger partial charge on any atom is 0.266 e. The van der Waals surface area contributed by atoms with Gasteiger partial charge in [-0.15, -0.1) is 0 Å². The maximum atomic E-state index is 13.8. The second-order valence-electron chi connectivity index (χ2n) is 4.23. The van der Waals surface area contributed by atoms with Crippen LogP contribution in [-0.4, -0.2) is 20.4 Å². The van der Waals surface area contributed by atoms with Crippen molar-refractivity contribution in [2.75, 3.05) is 11.8 Å². The molecule has 0 bridgehead atoms. The number of pyridine rings is 1. The summed E-state index contributed by atoms with van der Waals surface area (Å²) in [6, 6.07) is 6.94. The molecule has 0 unspecified atom stereocenters. The molecular weight excluding hydrogens is 317 g/mol. The van der Waals surface area contributed by atoms with Crippen molar-refractivity contribution < 1.29 is 12.8 Å². The van der Waals surface area contributed by atoms with Crippen LogP contribution in [0.3, 0.4) is 0 Å². The molecular formula is C13H13ClFN3O2S. The normalized spacial score (nSPS) is 11.4. The fourth-order valence-corrected chi connectivity index (χ4v) is 3.09. The number of nitrogens with one attached hydrogen (secondary N) is 2. The van der Waals surface area contributed by atoms with E-state index in [-0.39, 0.29) is 10.8 Å². The van der Waals surface area contributed by atoms with E-state index >= 15 is 0 Å². The van der Waals surface area contributed by atoms with Crippen molar-refractivity contribution in [2.45, 2.75) is 11.4 Å². The Labute approximate surface area is 127 Å². The SMILES string of the molecule is CNCc1ccc(F)c(S(=O)(=O)Nc2ncccc2Cl)c1. The molecule has 0 saturated heterocycles. The van der Waals surface area contributed by atoms with Gasteiger partial charge in [0.2, 0.25) is 0 Å². The van der Waals surface area contributed by atoms with Crippen LogP contribution >= 0.6 is 11.6 Å². The van der Waals surface area contributed by atoms with E-state index < -0.39 is 20.7 Å². The van der Waals surface area contributed by atoms with Gasteiger partial charge in [-0.05, 0) is 36.9 Å². The average Bonchev–Trinajstić information content (AvgIpc) is 2.43. The Kier molecular flexibility index (Phi) is 4.76. The molecule has 1 aromatic carbocycles. The molecule has 0 saturated carbocycles. The van der Waals surface area contributed by atoms with E-state index in [1.165, 1.54) is 24.4 Å². The number of halogens is 2. The summed E-state index contributed by atoms with van der Waals surface area (Å²) in [6.07, 6.45) is 1.39. The zero-order valence-corrected chi connectivity index (χ0v) is 12.7. The minimum absolute atomic E-state index is 0.0439. The van der Waals surface area contributed by atoms with Crippen LogP contribution in [0.15, 0.2) is 41.4 Å². The molecule has 0 spiro atoms. The highest BCUT2D eigenvalue weighted by Gasteiger charge is 2.21. The summed E-state index contributed by atoms with van der Waals surface area (Å²) in [5.74, 6) is -0.882. The molecule has 21 heavy (non-hydrogen) atoms. The van der Waals surface area contributed by atoms with Crippen LogP contribution in [0.1, 0.15) is 5.56 Å². The molecule has 8 heteroatoms. The van der Waals surface area contributed by atoms with Gasteiger partial charge >= 0.3 is 0 Å². The number of hydrogen-bond acceptors (Lipinski definition) is 4. The molecule has 1 aromatic heterocycles. The van der Waals surface area contributed by atoms with Crippen molar-refractivity contribution in [3.63, 3.8) is 0 Å². The fraction of sp³-hybridized carbons (Fsp3) is 0.154. The van der Waals surface area contributed by atoms with E-state index in [0.29, 0.717) is 12.1 Å². The van der Waals surface area contributed by atoms with Crippen molar-refractivity contribution in [2.24, 2.45) is 0 Å². The summed E-state index contributed by atoms with van der Waals surface area (Å²) in [7, 11) is -2.40. The third kappa shape index (κ3) is 3.69. The zero-order chi connectivity index (χ0) is 15.5. The first-order valence-electron chi connectivity index (χ1n) is 6.00. The van der Waals surface area contributed by atoms with Crippen molar-refractivity contribution >= 4 is 27.4 Å². The third-order valence-electron chi connectivity index (χ3n) is 2.66. The summed E-state index contributed by atoms with van der Waals surface area (Å²) in [6.45, 7) is 0.424. The first-order chi connectivity index (χ1) is 9.94. The van der Waals surface area contributed by atoms with Gasteiger partial charge in [-0.2, -0.15) is 0 Å². The van der Waals surface area contributed by atoms with Gasteiger partial charge in [0, 0.05) is 12.7 Å². The van der Waals surface area contributed by atoms with Crippen LogP contribution in [-0.2, 0) is 16.6 Å². The Hall–Kier alpha value is -1.70. The van der Waals surface area contributed by atoms with Crippen LogP contribution in [0.2, 0.25) is 5.02 Å². The molecule has 0 amide bonds. The summed E-state index contributed by atoms with van der Waals surface area (Å²) in [5.41, 5.74) is 0.645. The molecule has 1 heterocycles. The Balaban J connectivity index is 2.40. The number of rotatable bonds is 5. The lowest BCUT2D eigenvalue weighted by molar-refractivity contribution is 0.569. The van der Waals surface area contributed by atoms with Crippen molar-refractivity contribution in [1.82, 2.24) is 10.3 Å². The van der Waals surface area contributed by atoms with Gasteiger partial charge in [0.25, 0.3) is 10.0 Å². The molecule has 0 atom stereocenters. The molecule has 2 aromatic rings. The summed E-state index contributed by atoms with van der Waals surface area (Å²) >= 11 is 5.85. The minimum atomic E-state index is -4.11. The van der Waals surface area contributed by atoms with Crippen molar-refractivity contribution in [3.8, 4) is 0 Å². The van der Waals surface area contributed by atoms with E-state index in [4.69, 9.17) is 11.6 Å². The monoisotopic (exact) mass is 329 g/mol. The predicted octanol–water partition coefficient (Wildman–Crippen LogP) is 2.39. The van der Waals surface area contributed by atoms with Crippen LogP contribution in [0, 0.1) is 5.82 Å². The maximum absolute atomic E-state index is 13.8. The number of hydrogen-bond donors (Lipinski definition) is 2. The van der Waals surface area contributed by atoms with Gasteiger partial charge in [0.1, 0.15) is 10.7 Å². The Morgan fingerprint density at radius 3 is 2.76 bits per heavy atom. The standard InChI is InChI=1S/C13H13ClFN3O2S/c1-16-8-9-4-5-11(15)12(7-9)21(19,20)18-13-10(14)3-2-6-17-13/h2-7,16H,8H2,1H3,(H,17,18). The van der Waals surface area contributed by atoms with E-state index in [2.05, 4.69) is 15.0 Å². The molecule has 0 aliphatic carbocycles. The highest BCUT2D eigenvalue weighted by atomic mass is 35.5. The quantitative estimate of drug-likeness (QED) is 0.883. The van der Waals surface area contributed by atoms with E-state index in [1.54, 1.807) is 13.1 Å². The smallest absolute Gasteiger partial charge is 0.266 e. The second kappa shape index (κ2) is 6.38. The zero-order valence-electron chi connectivity index (χ0n) is 11.1. The fourth-order valence-electron chi connectivity index (χ4n) is 1.71. The third-order valence-corrected chi connectivity index (χ3v) is 4.31. The summed E-state index contributed by atoms with van der Waals surface area (Å²) in [5, 5.41) is 3.00. The minimum Gasteiger partial charge on any atom is -0.316 e. The Bertz CT molecular complexity index is 753. The first-order valence-corrected chi connectivity index (χ1v) is 7.86. The van der Waals surface area contributed by atoms with Crippen molar-refractivity contribution in [3.05, 3.63) is 52.9 Å². The average molecular weight is 330 g/mol. The lowest BCUT2D eigenvalue weighted by Gasteiger charge is -2.10. The van der Waals surface area contributed by atoms with Gasteiger partial charge in [-0.25, -0.2) is 17.8 Å². The molecule has 0 aliphatic rings. The molecule has 0 aliphatic heterocycles. The van der Waals surface area contributed by atoms with Gasteiger partial charge in [-0.1, -0.05) is 17.7 Å². The second-order valence-corrected chi connectivity index (χ2v) is 6.29. The molecule has 5 nitrogen and oxygen atoms in total. The number of anilines is 1. The van der Waals surface area contributed by atoms with Crippen LogP contribution in [0.25, 0.3) is 0 Å². The number of sulfonamides is 1. The highest BCUT2D eigenvalue weighted by Crippen LogP contribution is 2.23. The molecule has 0 radical (unpaired) electrons. The molecule has 2 rings (SSSR count). The van der Waals surface area contributed by atoms with Crippen LogP contribution < -0.4 is 10.0 Å². The van der Waals surface area contributed by atoms with E-state index in [0.717, 1.165) is 6.07 Å². The number of nitrogens with zero attached hydrogens (tertiary/aromatic N) is 1. The number of aromatic nitrogens is 1. The molecule has 112 valence electrons. The van der Waals surface area contributed by atoms with Crippen LogP contribution in [0.4, 0.5) is 10.2 Å². The Morgan fingerprint density at radius 1 is 1.33 bits per heavy atom. The van der Waals surface area contributed by atoms with Gasteiger partial charge in [0.15, 0.2) is 5.82 Å².